The maximum atomic E-state index is 13.4. The second-order valence-corrected chi connectivity index (χ2v) is 8.09. The normalized spacial score (nSPS) is 11.5. The van der Waals surface area contributed by atoms with Gasteiger partial charge in [-0.25, -0.2) is 0 Å². The maximum absolute atomic E-state index is 13.4. The van der Waals surface area contributed by atoms with E-state index in [0.717, 1.165) is 16.0 Å². The number of anilines is 1. The first-order valence-electron chi connectivity index (χ1n) is 9.82. The van der Waals surface area contributed by atoms with Crippen molar-refractivity contribution in [3.05, 3.63) is 76.0 Å². The number of methoxy groups -OCH3 is 2. The van der Waals surface area contributed by atoms with Crippen molar-refractivity contribution in [2.24, 2.45) is 0 Å². The van der Waals surface area contributed by atoms with E-state index >= 15 is 0 Å². The van der Waals surface area contributed by atoms with Crippen LogP contribution < -0.4 is 14.8 Å². The van der Waals surface area contributed by atoms with Crippen LogP contribution in [0.25, 0.3) is 0 Å². The van der Waals surface area contributed by atoms with E-state index in [1.807, 2.05) is 48.7 Å². The number of carbonyl (C=O) groups is 2. The van der Waals surface area contributed by atoms with Crippen molar-refractivity contribution in [1.29, 1.82) is 0 Å². The molecule has 0 saturated heterocycles. The van der Waals surface area contributed by atoms with Gasteiger partial charge in [-0.15, -0.1) is 11.3 Å². The second-order valence-electron chi connectivity index (χ2n) is 7.11. The quantitative estimate of drug-likeness (QED) is 0.548. The van der Waals surface area contributed by atoms with Gasteiger partial charge in [0, 0.05) is 24.4 Å². The number of ether oxygens (including phenoxy) is 2. The van der Waals surface area contributed by atoms with E-state index in [4.69, 9.17) is 9.47 Å². The molecule has 3 rings (SSSR count). The number of thiophene rings is 1. The van der Waals surface area contributed by atoms with Gasteiger partial charge in [-0.1, -0.05) is 35.9 Å². The van der Waals surface area contributed by atoms with Crippen molar-refractivity contribution in [2.45, 2.75) is 26.4 Å². The molecular weight excluding hydrogens is 412 g/mol. The van der Waals surface area contributed by atoms with Gasteiger partial charge in [0.25, 0.3) is 5.91 Å². The molecule has 0 aliphatic heterocycles. The fraction of sp³-hybridized carbons (Fsp3) is 0.250. The van der Waals surface area contributed by atoms with E-state index < -0.39 is 6.04 Å². The van der Waals surface area contributed by atoms with Crippen molar-refractivity contribution in [1.82, 2.24) is 4.90 Å². The third-order valence-corrected chi connectivity index (χ3v) is 5.84. The highest BCUT2D eigenvalue weighted by Crippen LogP contribution is 2.32. The van der Waals surface area contributed by atoms with Crippen LogP contribution in [-0.4, -0.2) is 30.9 Å². The predicted molar refractivity (Wildman–Crippen MR) is 123 cm³/mol. The van der Waals surface area contributed by atoms with Crippen LogP contribution in [0.2, 0.25) is 0 Å². The van der Waals surface area contributed by atoms with Crippen molar-refractivity contribution in [2.75, 3.05) is 19.5 Å². The van der Waals surface area contributed by atoms with Gasteiger partial charge in [0.05, 0.1) is 19.9 Å². The summed E-state index contributed by atoms with van der Waals surface area (Å²) in [6.07, 6.45) is 0. The van der Waals surface area contributed by atoms with Gasteiger partial charge in [0.2, 0.25) is 5.91 Å². The summed E-state index contributed by atoms with van der Waals surface area (Å²) in [6.45, 7) is 3.82. The number of amides is 2. The zero-order chi connectivity index (χ0) is 22.4. The summed E-state index contributed by atoms with van der Waals surface area (Å²) in [6, 6.07) is 16.1. The lowest BCUT2D eigenvalue weighted by atomic mass is 10.1. The molecule has 1 heterocycles. The van der Waals surface area contributed by atoms with Crippen LogP contribution in [0.3, 0.4) is 0 Å². The molecule has 0 aliphatic rings. The molecular formula is C24H26N2O4S. The zero-order valence-corrected chi connectivity index (χ0v) is 18.9. The zero-order valence-electron chi connectivity index (χ0n) is 18.0. The van der Waals surface area contributed by atoms with Crippen LogP contribution in [0.4, 0.5) is 5.69 Å². The SMILES string of the molecule is COc1ccc(NC(=O)[C@@H](c2cccs2)N(Cc2ccc(C)cc2)C(C)=O)c(OC)c1. The number of hydrogen-bond acceptors (Lipinski definition) is 5. The van der Waals surface area contributed by atoms with E-state index in [9.17, 15) is 9.59 Å². The molecule has 1 atom stereocenters. The summed E-state index contributed by atoms with van der Waals surface area (Å²) >= 11 is 1.44. The van der Waals surface area contributed by atoms with Gasteiger partial charge in [-0.3, -0.25) is 9.59 Å². The van der Waals surface area contributed by atoms with Crippen molar-refractivity contribution in [3.8, 4) is 11.5 Å². The first-order chi connectivity index (χ1) is 14.9. The molecule has 0 bridgehead atoms. The molecule has 31 heavy (non-hydrogen) atoms. The molecule has 6 nitrogen and oxygen atoms in total. The number of rotatable bonds is 8. The van der Waals surface area contributed by atoms with Crippen LogP contribution in [0.5, 0.6) is 11.5 Å². The molecule has 7 heteroatoms. The summed E-state index contributed by atoms with van der Waals surface area (Å²) < 4.78 is 10.6. The van der Waals surface area contributed by atoms with Crippen LogP contribution in [0, 0.1) is 6.92 Å². The van der Waals surface area contributed by atoms with Crippen LogP contribution in [0.1, 0.15) is 29.0 Å². The van der Waals surface area contributed by atoms with E-state index in [0.29, 0.717) is 23.7 Å². The Balaban J connectivity index is 1.93. The monoisotopic (exact) mass is 438 g/mol. The Morgan fingerprint density at radius 2 is 1.81 bits per heavy atom. The lowest BCUT2D eigenvalue weighted by Crippen LogP contribution is -2.39. The largest absolute Gasteiger partial charge is 0.497 e. The van der Waals surface area contributed by atoms with Gasteiger partial charge in [0.15, 0.2) is 0 Å². The van der Waals surface area contributed by atoms with Crippen LogP contribution in [0.15, 0.2) is 60.0 Å². The Hall–Kier alpha value is -3.32. The number of hydrogen-bond donors (Lipinski definition) is 1. The molecule has 3 aromatic rings. The number of nitrogens with zero attached hydrogens (tertiary/aromatic N) is 1. The Morgan fingerprint density at radius 1 is 1.06 bits per heavy atom. The average molecular weight is 439 g/mol. The molecule has 1 aromatic heterocycles. The first kappa shape index (κ1) is 22.4. The smallest absolute Gasteiger partial charge is 0.252 e. The van der Waals surface area contributed by atoms with Crippen LogP contribution in [-0.2, 0) is 16.1 Å². The summed E-state index contributed by atoms with van der Waals surface area (Å²) in [7, 11) is 3.09. The first-order valence-corrected chi connectivity index (χ1v) is 10.7. The number of nitrogens with one attached hydrogen (secondary N) is 1. The van der Waals surface area contributed by atoms with Gasteiger partial charge in [0.1, 0.15) is 17.5 Å². The molecule has 2 aromatic carbocycles. The Morgan fingerprint density at radius 3 is 2.39 bits per heavy atom. The average Bonchev–Trinajstić information content (AvgIpc) is 3.29. The molecule has 0 fully saturated rings. The Bertz CT molecular complexity index is 1030. The van der Waals surface area contributed by atoms with Gasteiger partial charge >= 0.3 is 0 Å². The second kappa shape index (κ2) is 10.1. The molecule has 2 amide bonds. The molecule has 1 N–H and O–H groups in total. The summed E-state index contributed by atoms with van der Waals surface area (Å²) in [4.78, 5) is 28.4. The number of carbonyl (C=O) groups excluding carboxylic acids is 2. The molecule has 0 saturated carbocycles. The van der Waals surface area contributed by atoms with E-state index in [1.165, 1.54) is 25.4 Å². The van der Waals surface area contributed by atoms with Crippen LogP contribution >= 0.6 is 11.3 Å². The highest BCUT2D eigenvalue weighted by molar-refractivity contribution is 7.10. The summed E-state index contributed by atoms with van der Waals surface area (Å²) in [5, 5.41) is 4.82. The molecule has 0 spiro atoms. The topological polar surface area (TPSA) is 67.9 Å². The van der Waals surface area contributed by atoms with Gasteiger partial charge in [-0.05, 0) is 36.1 Å². The molecule has 0 unspecified atom stereocenters. The molecule has 0 aliphatic carbocycles. The van der Waals surface area contributed by atoms with Gasteiger partial charge in [-0.2, -0.15) is 0 Å². The molecule has 0 radical (unpaired) electrons. The standard InChI is InChI=1S/C24H26N2O4S/c1-16-7-9-18(10-8-16)15-26(17(2)27)23(22-6-5-13-31-22)24(28)25-20-12-11-19(29-3)14-21(20)30-4/h5-14,23H,15H2,1-4H3,(H,25,28)/t23-/m1/s1. The van der Waals surface area contributed by atoms with Gasteiger partial charge < -0.3 is 19.7 Å². The fourth-order valence-corrected chi connectivity index (χ4v) is 4.08. The summed E-state index contributed by atoms with van der Waals surface area (Å²) in [5.41, 5.74) is 2.60. The number of aryl methyl sites for hydroxylation is 1. The highest BCUT2D eigenvalue weighted by atomic mass is 32.1. The van der Waals surface area contributed by atoms with Crippen molar-refractivity contribution >= 4 is 28.8 Å². The number of benzene rings is 2. The van der Waals surface area contributed by atoms with Crippen molar-refractivity contribution < 1.29 is 19.1 Å². The third kappa shape index (κ3) is 5.44. The fourth-order valence-electron chi connectivity index (χ4n) is 3.25. The minimum Gasteiger partial charge on any atom is -0.497 e. The maximum Gasteiger partial charge on any atom is 0.252 e. The highest BCUT2D eigenvalue weighted by Gasteiger charge is 2.31. The van der Waals surface area contributed by atoms with E-state index in [-0.39, 0.29) is 11.8 Å². The summed E-state index contributed by atoms with van der Waals surface area (Å²) in [5.74, 6) is 0.601. The minimum atomic E-state index is -0.773. The lowest BCUT2D eigenvalue weighted by Gasteiger charge is -2.30. The Kier molecular flexibility index (Phi) is 7.31. The molecule has 162 valence electrons. The van der Waals surface area contributed by atoms with E-state index in [2.05, 4.69) is 5.32 Å². The minimum absolute atomic E-state index is 0.184. The Labute approximate surface area is 186 Å². The van der Waals surface area contributed by atoms with Crippen molar-refractivity contribution in [3.63, 3.8) is 0 Å². The third-order valence-electron chi connectivity index (χ3n) is 4.92. The predicted octanol–water partition coefficient (Wildman–Crippen LogP) is 4.80. The van der Waals surface area contributed by atoms with E-state index in [1.54, 1.807) is 30.2 Å². The lowest BCUT2D eigenvalue weighted by molar-refractivity contribution is -0.137.